The van der Waals surface area contributed by atoms with Crippen molar-refractivity contribution in [3.8, 4) is 0 Å². The lowest BCUT2D eigenvalue weighted by Crippen LogP contribution is -2.31. The molecule has 0 atom stereocenters. The fourth-order valence-corrected chi connectivity index (χ4v) is 1.14. The van der Waals surface area contributed by atoms with Crippen molar-refractivity contribution in [1.82, 2.24) is 0 Å². The summed E-state index contributed by atoms with van der Waals surface area (Å²) in [6.07, 6.45) is 1.48. The van der Waals surface area contributed by atoms with Crippen LogP contribution in [0.1, 0.15) is 0 Å². The molecular formula is C8H14N4O. The first-order valence-corrected chi connectivity index (χ1v) is 4.03. The van der Waals surface area contributed by atoms with E-state index in [1.54, 1.807) is 21.1 Å². The van der Waals surface area contributed by atoms with Crippen LogP contribution in [0, 0.1) is 5.21 Å². The first kappa shape index (κ1) is 9.44. The van der Waals surface area contributed by atoms with E-state index in [-0.39, 0.29) is 0 Å². The molecule has 0 bridgehead atoms. The number of nitrogens with zero attached hydrogens (tertiary/aromatic N) is 1. The third kappa shape index (κ3) is 1.74. The Morgan fingerprint density at radius 3 is 2.31 bits per heavy atom. The predicted molar refractivity (Wildman–Crippen MR) is 54.0 cm³/mol. The van der Waals surface area contributed by atoms with Gasteiger partial charge in [-0.3, -0.25) is 5.32 Å². The topological polar surface area (TPSA) is 63.0 Å². The molecule has 0 radical (unpaired) electrons. The average Bonchev–Trinajstić information content (AvgIpc) is 2.16. The van der Waals surface area contributed by atoms with Gasteiger partial charge in [-0.1, -0.05) is 0 Å². The summed E-state index contributed by atoms with van der Waals surface area (Å²) in [5, 5.41) is 20.1. The lowest BCUT2D eigenvalue weighted by atomic mass is 10.3. The molecule has 0 aromatic carbocycles. The van der Waals surface area contributed by atoms with Crippen LogP contribution in [0.15, 0.2) is 12.3 Å². The Labute approximate surface area is 77.4 Å². The van der Waals surface area contributed by atoms with Crippen LogP contribution in [0.4, 0.5) is 17.2 Å². The van der Waals surface area contributed by atoms with Crippen LogP contribution in [-0.2, 0) is 0 Å². The van der Waals surface area contributed by atoms with Crippen molar-refractivity contribution in [3.63, 3.8) is 0 Å². The second kappa shape index (κ2) is 3.84. The van der Waals surface area contributed by atoms with Gasteiger partial charge in [0.15, 0.2) is 0 Å². The minimum Gasteiger partial charge on any atom is -0.710 e. The molecule has 13 heavy (non-hydrogen) atoms. The molecule has 0 aliphatic rings. The largest absolute Gasteiger partial charge is 0.710 e. The zero-order valence-corrected chi connectivity index (χ0v) is 8.01. The first-order valence-electron chi connectivity index (χ1n) is 4.03. The van der Waals surface area contributed by atoms with E-state index in [4.69, 9.17) is 0 Å². The summed E-state index contributed by atoms with van der Waals surface area (Å²) in [4.78, 5) is 0. The number of hydrogen-bond acceptors (Lipinski definition) is 4. The second-order valence-electron chi connectivity index (χ2n) is 2.57. The number of anilines is 3. The van der Waals surface area contributed by atoms with Crippen molar-refractivity contribution >= 4 is 17.2 Å². The molecule has 0 unspecified atom stereocenters. The van der Waals surface area contributed by atoms with Gasteiger partial charge in [-0.25, -0.2) is 4.73 Å². The number of nitrogens with one attached hydrogen (secondary N) is 3. The number of pyridine rings is 1. The molecule has 3 N–H and O–H groups in total. The molecule has 0 spiro atoms. The fourth-order valence-electron chi connectivity index (χ4n) is 1.14. The predicted octanol–water partition coefficient (Wildman–Crippen LogP) is 0.445. The van der Waals surface area contributed by atoms with Gasteiger partial charge in [0.25, 0.3) is 0 Å². The Bertz CT molecular complexity index is 300. The number of hydrogen-bond donors (Lipinski definition) is 3. The fraction of sp³-hybridized carbons (Fsp3) is 0.375. The highest BCUT2D eigenvalue weighted by molar-refractivity contribution is 5.65. The molecule has 1 heterocycles. The van der Waals surface area contributed by atoms with E-state index in [9.17, 15) is 5.21 Å². The van der Waals surface area contributed by atoms with Crippen LogP contribution in [-0.4, -0.2) is 21.1 Å². The highest BCUT2D eigenvalue weighted by Gasteiger charge is 2.09. The van der Waals surface area contributed by atoms with Crippen LogP contribution < -0.4 is 20.7 Å². The minimum absolute atomic E-state index is 0.515. The van der Waals surface area contributed by atoms with Gasteiger partial charge in [0.1, 0.15) is 11.9 Å². The first-order chi connectivity index (χ1) is 6.22. The standard InChI is InChI=1S/C8H14N4O/c1-9-6-4-7(10-2)8(11-3)12(13)5-6/h4-5,9-11H,1-3H3. The molecule has 0 aliphatic carbocycles. The summed E-state index contributed by atoms with van der Waals surface area (Å²) in [5.41, 5.74) is 1.54. The summed E-state index contributed by atoms with van der Waals surface area (Å²) < 4.78 is 0.789. The van der Waals surface area contributed by atoms with Crippen molar-refractivity contribution < 1.29 is 4.73 Å². The minimum atomic E-state index is 0.515. The van der Waals surface area contributed by atoms with Crippen molar-refractivity contribution in [2.75, 3.05) is 37.1 Å². The van der Waals surface area contributed by atoms with Crippen molar-refractivity contribution in [1.29, 1.82) is 0 Å². The monoisotopic (exact) mass is 182 g/mol. The van der Waals surface area contributed by atoms with Gasteiger partial charge in [-0.2, -0.15) is 0 Å². The van der Waals surface area contributed by atoms with Crippen molar-refractivity contribution in [2.45, 2.75) is 0 Å². The van der Waals surface area contributed by atoms with Gasteiger partial charge in [0.05, 0.1) is 12.7 Å². The van der Waals surface area contributed by atoms with Gasteiger partial charge in [-0.05, 0) is 6.07 Å². The Kier molecular flexibility index (Phi) is 2.79. The highest BCUT2D eigenvalue weighted by Crippen LogP contribution is 2.19. The van der Waals surface area contributed by atoms with E-state index >= 15 is 0 Å². The van der Waals surface area contributed by atoms with Crippen LogP contribution in [0.25, 0.3) is 0 Å². The SMILES string of the molecule is CNc1cc(NC)c(NC)[n+]([O-])c1. The van der Waals surface area contributed by atoms with Gasteiger partial charge < -0.3 is 15.8 Å². The summed E-state index contributed by atoms with van der Waals surface area (Å²) in [6, 6.07) is 1.86. The zero-order valence-electron chi connectivity index (χ0n) is 8.01. The van der Waals surface area contributed by atoms with E-state index < -0.39 is 0 Å². The quantitative estimate of drug-likeness (QED) is 0.469. The van der Waals surface area contributed by atoms with Crippen molar-refractivity contribution in [2.24, 2.45) is 0 Å². The van der Waals surface area contributed by atoms with Crippen LogP contribution in [0.2, 0.25) is 0 Å². The molecule has 0 saturated carbocycles. The second-order valence-corrected chi connectivity index (χ2v) is 2.57. The van der Waals surface area contributed by atoms with E-state index in [0.29, 0.717) is 5.82 Å². The van der Waals surface area contributed by atoms with Crippen LogP contribution >= 0.6 is 0 Å². The van der Waals surface area contributed by atoms with Gasteiger partial charge >= 0.3 is 5.82 Å². The van der Waals surface area contributed by atoms with E-state index in [1.807, 2.05) is 6.07 Å². The van der Waals surface area contributed by atoms with Gasteiger partial charge in [0, 0.05) is 14.1 Å². The lowest BCUT2D eigenvalue weighted by Gasteiger charge is -2.13. The number of rotatable bonds is 3. The molecule has 5 nitrogen and oxygen atoms in total. The Morgan fingerprint density at radius 1 is 1.15 bits per heavy atom. The molecule has 0 aliphatic heterocycles. The zero-order chi connectivity index (χ0) is 9.84. The maximum atomic E-state index is 11.4. The molecule has 1 rings (SSSR count). The lowest BCUT2D eigenvalue weighted by molar-refractivity contribution is -0.588. The molecule has 72 valence electrons. The average molecular weight is 182 g/mol. The Hall–Kier alpha value is -1.65. The summed E-state index contributed by atoms with van der Waals surface area (Å²) in [6.45, 7) is 0. The summed E-state index contributed by atoms with van der Waals surface area (Å²) in [7, 11) is 5.26. The summed E-state index contributed by atoms with van der Waals surface area (Å²) >= 11 is 0. The molecule has 0 amide bonds. The molecule has 0 fully saturated rings. The van der Waals surface area contributed by atoms with Gasteiger partial charge in [-0.15, -0.1) is 0 Å². The number of aromatic nitrogens is 1. The Balaban J connectivity index is 3.20. The molecule has 1 aromatic rings. The van der Waals surface area contributed by atoms with Crippen LogP contribution in [0.5, 0.6) is 0 Å². The maximum Gasteiger partial charge on any atom is 0.301 e. The van der Waals surface area contributed by atoms with E-state index in [2.05, 4.69) is 16.0 Å². The van der Waals surface area contributed by atoms with E-state index in [0.717, 1.165) is 16.1 Å². The normalized spacial score (nSPS) is 9.46. The molecule has 5 heteroatoms. The Morgan fingerprint density at radius 2 is 1.85 bits per heavy atom. The van der Waals surface area contributed by atoms with Crippen LogP contribution in [0.3, 0.4) is 0 Å². The summed E-state index contributed by atoms with van der Waals surface area (Å²) in [5.74, 6) is 0.515. The third-order valence-corrected chi connectivity index (χ3v) is 1.83. The van der Waals surface area contributed by atoms with Gasteiger partial charge in [0.2, 0.25) is 0 Å². The van der Waals surface area contributed by atoms with E-state index in [1.165, 1.54) is 6.20 Å². The molecule has 1 aromatic heterocycles. The maximum absolute atomic E-state index is 11.4. The molecular weight excluding hydrogens is 168 g/mol. The molecule has 0 saturated heterocycles. The smallest absolute Gasteiger partial charge is 0.301 e. The third-order valence-electron chi connectivity index (χ3n) is 1.83. The van der Waals surface area contributed by atoms with Crippen molar-refractivity contribution in [3.05, 3.63) is 17.5 Å². The highest BCUT2D eigenvalue weighted by atomic mass is 16.5.